The van der Waals surface area contributed by atoms with Crippen molar-refractivity contribution in [3.63, 3.8) is 0 Å². The van der Waals surface area contributed by atoms with E-state index in [2.05, 4.69) is 79.1 Å². The molecular formula is C25H20N2. The topological polar surface area (TPSA) is 24.9 Å². The minimum Gasteiger partial charge on any atom is -0.362 e. The van der Waals surface area contributed by atoms with Gasteiger partial charge < -0.3 is 5.32 Å². The van der Waals surface area contributed by atoms with Gasteiger partial charge in [0.2, 0.25) is 0 Å². The van der Waals surface area contributed by atoms with Crippen LogP contribution >= 0.6 is 0 Å². The summed E-state index contributed by atoms with van der Waals surface area (Å²) in [6.45, 7) is 7.59. The summed E-state index contributed by atoms with van der Waals surface area (Å²) in [5.41, 5.74) is 7.48. The molecule has 0 saturated carbocycles. The smallest absolute Gasteiger partial charge is 0.0730 e. The van der Waals surface area contributed by atoms with Crippen molar-refractivity contribution in [2.45, 2.75) is 0 Å². The first kappa shape index (κ1) is 16.8. The van der Waals surface area contributed by atoms with Gasteiger partial charge in [0.25, 0.3) is 0 Å². The number of nitrogens with one attached hydrogen (secondary N) is 1. The number of fused-ring (bicyclic) bond motifs is 1. The van der Waals surface area contributed by atoms with E-state index in [1.165, 1.54) is 11.1 Å². The van der Waals surface area contributed by atoms with Crippen LogP contribution in [0.15, 0.2) is 98.2 Å². The van der Waals surface area contributed by atoms with Crippen molar-refractivity contribution in [1.82, 2.24) is 4.98 Å². The summed E-state index contributed by atoms with van der Waals surface area (Å²) in [5, 5.41) is 4.31. The molecule has 1 N–H and O–H groups in total. The van der Waals surface area contributed by atoms with Gasteiger partial charge in [0.15, 0.2) is 0 Å². The molecule has 0 fully saturated rings. The maximum absolute atomic E-state index is 4.83. The van der Waals surface area contributed by atoms with Crippen LogP contribution in [0.5, 0.6) is 0 Å². The molecule has 4 rings (SSSR count). The van der Waals surface area contributed by atoms with Gasteiger partial charge in [-0.25, -0.2) is 4.98 Å². The Balaban J connectivity index is 1.72. The zero-order valence-corrected chi connectivity index (χ0v) is 15.0. The molecular weight excluding hydrogens is 328 g/mol. The molecule has 0 saturated heterocycles. The van der Waals surface area contributed by atoms with E-state index in [0.717, 1.165) is 33.4 Å². The van der Waals surface area contributed by atoms with Crippen molar-refractivity contribution in [1.29, 1.82) is 0 Å². The average molecular weight is 348 g/mol. The molecule has 130 valence electrons. The van der Waals surface area contributed by atoms with Gasteiger partial charge in [-0.05, 0) is 35.0 Å². The average Bonchev–Trinajstić information content (AvgIpc) is 2.74. The molecule has 27 heavy (non-hydrogen) atoms. The fraction of sp³-hybridized carbons (Fsp3) is 0. The minimum atomic E-state index is 0.937. The van der Waals surface area contributed by atoms with E-state index in [4.69, 9.17) is 4.98 Å². The fourth-order valence-electron chi connectivity index (χ4n) is 3.20. The maximum Gasteiger partial charge on any atom is 0.0730 e. The maximum atomic E-state index is 4.83. The molecule has 0 spiro atoms. The fourth-order valence-corrected chi connectivity index (χ4v) is 3.20. The van der Waals surface area contributed by atoms with Crippen LogP contribution in [-0.2, 0) is 0 Å². The van der Waals surface area contributed by atoms with Gasteiger partial charge in [-0.1, -0.05) is 86.0 Å². The number of aromatic nitrogens is 1. The number of benzene rings is 3. The Kier molecular flexibility index (Phi) is 4.54. The molecule has 0 bridgehead atoms. The highest BCUT2D eigenvalue weighted by molar-refractivity contribution is 5.94. The second-order valence-corrected chi connectivity index (χ2v) is 6.32. The molecule has 1 aromatic heterocycles. The number of hydrogen-bond donors (Lipinski definition) is 1. The van der Waals surface area contributed by atoms with Crippen molar-refractivity contribution in [2.24, 2.45) is 0 Å². The van der Waals surface area contributed by atoms with E-state index in [1.54, 1.807) is 6.20 Å². The van der Waals surface area contributed by atoms with Crippen LogP contribution in [0.2, 0.25) is 0 Å². The Morgan fingerprint density at radius 3 is 2.04 bits per heavy atom. The SMILES string of the molecule is C=CNc1cc(-c2ccc(-c3ccc(C=C)cc3)cc2)nc2ccccc12. The van der Waals surface area contributed by atoms with E-state index < -0.39 is 0 Å². The molecule has 4 aromatic rings. The lowest BCUT2D eigenvalue weighted by Crippen LogP contribution is -1.93. The number of nitrogens with zero attached hydrogens (tertiary/aromatic N) is 1. The van der Waals surface area contributed by atoms with E-state index >= 15 is 0 Å². The van der Waals surface area contributed by atoms with Gasteiger partial charge in [0.1, 0.15) is 0 Å². The molecule has 3 aromatic carbocycles. The lowest BCUT2D eigenvalue weighted by Gasteiger charge is -2.10. The van der Waals surface area contributed by atoms with Crippen molar-refractivity contribution in [3.8, 4) is 22.4 Å². The second kappa shape index (κ2) is 7.30. The molecule has 2 heteroatoms. The zero-order chi connectivity index (χ0) is 18.6. The Morgan fingerprint density at radius 2 is 1.37 bits per heavy atom. The van der Waals surface area contributed by atoms with Crippen LogP contribution in [0.4, 0.5) is 5.69 Å². The normalized spacial score (nSPS) is 10.5. The standard InChI is InChI=1S/C25H20N2/c1-3-18-9-11-19(12-10-18)20-13-15-21(16-14-20)24-17-25(26-4-2)22-7-5-6-8-23(22)27-24/h3-17H,1-2H2,(H,26,27). The highest BCUT2D eigenvalue weighted by Gasteiger charge is 2.07. The Labute approximate surface area is 159 Å². The first-order valence-corrected chi connectivity index (χ1v) is 8.89. The molecule has 0 atom stereocenters. The van der Waals surface area contributed by atoms with E-state index in [-0.39, 0.29) is 0 Å². The zero-order valence-electron chi connectivity index (χ0n) is 15.0. The number of pyridine rings is 1. The third-order valence-corrected chi connectivity index (χ3v) is 4.63. The summed E-state index contributed by atoms with van der Waals surface area (Å²) >= 11 is 0. The highest BCUT2D eigenvalue weighted by atomic mass is 14.9. The second-order valence-electron chi connectivity index (χ2n) is 6.32. The lowest BCUT2D eigenvalue weighted by molar-refractivity contribution is 1.39. The third-order valence-electron chi connectivity index (χ3n) is 4.63. The Hall–Kier alpha value is -3.65. The summed E-state index contributed by atoms with van der Waals surface area (Å²) in [4.78, 5) is 4.83. The van der Waals surface area contributed by atoms with Gasteiger partial charge in [-0.15, -0.1) is 0 Å². The molecule has 0 aliphatic carbocycles. The van der Waals surface area contributed by atoms with Crippen LogP contribution in [0.3, 0.4) is 0 Å². The van der Waals surface area contributed by atoms with Gasteiger partial charge in [0.05, 0.1) is 11.2 Å². The highest BCUT2D eigenvalue weighted by Crippen LogP contribution is 2.30. The van der Waals surface area contributed by atoms with Gasteiger partial charge >= 0.3 is 0 Å². The number of rotatable bonds is 5. The quantitative estimate of drug-likeness (QED) is 0.430. The lowest BCUT2D eigenvalue weighted by atomic mass is 10.0. The van der Waals surface area contributed by atoms with Crippen LogP contribution in [0, 0.1) is 0 Å². The van der Waals surface area contributed by atoms with Crippen LogP contribution in [0.25, 0.3) is 39.4 Å². The Morgan fingerprint density at radius 1 is 0.741 bits per heavy atom. The molecule has 0 aliphatic heterocycles. The number of para-hydroxylation sites is 1. The van der Waals surface area contributed by atoms with Crippen molar-refractivity contribution < 1.29 is 0 Å². The predicted molar refractivity (Wildman–Crippen MR) is 117 cm³/mol. The molecule has 1 heterocycles. The minimum absolute atomic E-state index is 0.937. The van der Waals surface area contributed by atoms with Crippen LogP contribution in [-0.4, -0.2) is 4.98 Å². The molecule has 0 aliphatic rings. The summed E-state index contributed by atoms with van der Waals surface area (Å²) in [6.07, 6.45) is 3.55. The first-order chi connectivity index (χ1) is 13.3. The molecule has 0 unspecified atom stereocenters. The largest absolute Gasteiger partial charge is 0.362 e. The number of anilines is 1. The molecule has 0 radical (unpaired) electrons. The van der Waals surface area contributed by atoms with Crippen molar-refractivity contribution >= 4 is 22.7 Å². The van der Waals surface area contributed by atoms with E-state index in [0.29, 0.717) is 0 Å². The first-order valence-electron chi connectivity index (χ1n) is 8.89. The van der Waals surface area contributed by atoms with Gasteiger partial charge in [-0.2, -0.15) is 0 Å². The van der Waals surface area contributed by atoms with Crippen LogP contribution in [0.1, 0.15) is 5.56 Å². The van der Waals surface area contributed by atoms with Gasteiger partial charge in [-0.3, -0.25) is 0 Å². The monoisotopic (exact) mass is 348 g/mol. The molecule has 2 nitrogen and oxygen atoms in total. The molecule has 0 amide bonds. The van der Waals surface area contributed by atoms with Crippen molar-refractivity contribution in [2.75, 3.05) is 5.32 Å². The Bertz CT molecular complexity index is 1110. The number of hydrogen-bond acceptors (Lipinski definition) is 2. The van der Waals surface area contributed by atoms with E-state index in [9.17, 15) is 0 Å². The third kappa shape index (κ3) is 3.38. The summed E-state index contributed by atoms with van der Waals surface area (Å²) in [6, 6.07) is 27.1. The predicted octanol–water partition coefficient (Wildman–Crippen LogP) is 6.77. The summed E-state index contributed by atoms with van der Waals surface area (Å²) < 4.78 is 0. The van der Waals surface area contributed by atoms with Crippen LogP contribution < -0.4 is 5.32 Å². The van der Waals surface area contributed by atoms with Crippen molar-refractivity contribution in [3.05, 3.63) is 104 Å². The summed E-state index contributed by atoms with van der Waals surface area (Å²) in [7, 11) is 0. The van der Waals surface area contributed by atoms with E-state index in [1.807, 2.05) is 24.3 Å². The summed E-state index contributed by atoms with van der Waals surface area (Å²) in [5.74, 6) is 0. The van der Waals surface area contributed by atoms with Gasteiger partial charge in [0, 0.05) is 16.6 Å².